The zero-order chi connectivity index (χ0) is 12.3. The molecule has 2 nitrogen and oxygen atoms in total. The second-order valence-corrected chi connectivity index (χ2v) is 4.31. The summed E-state index contributed by atoms with van der Waals surface area (Å²) in [6.07, 6.45) is 3.39. The molecule has 0 aliphatic carbocycles. The third kappa shape index (κ3) is 2.71. The van der Waals surface area contributed by atoms with Crippen LogP contribution in [0, 0.1) is 0 Å². The molecule has 1 aromatic heterocycles. The Morgan fingerprint density at radius 3 is 2.29 bits per heavy atom. The van der Waals surface area contributed by atoms with E-state index in [9.17, 15) is 4.79 Å². The van der Waals surface area contributed by atoms with Gasteiger partial charge in [0.1, 0.15) is 0 Å². The van der Waals surface area contributed by atoms with E-state index in [4.69, 9.17) is 11.6 Å². The lowest BCUT2D eigenvalue weighted by Crippen LogP contribution is -2.09. The molecule has 86 valence electrons. The minimum Gasteiger partial charge on any atom is -0.294 e. The maximum absolute atomic E-state index is 12.2. The summed E-state index contributed by atoms with van der Waals surface area (Å²) >= 11 is 5.79. The summed E-state index contributed by atoms with van der Waals surface area (Å²) in [6.45, 7) is 1.90. The van der Waals surface area contributed by atoms with Crippen molar-refractivity contribution in [3.8, 4) is 0 Å². The van der Waals surface area contributed by atoms with Crippen molar-refractivity contribution in [2.24, 2.45) is 0 Å². The molecule has 0 amide bonds. The number of carbonyl (C=O) groups excluding carboxylic acids is 1. The smallest absolute Gasteiger partial charge is 0.170 e. The van der Waals surface area contributed by atoms with Crippen molar-refractivity contribution in [2.75, 3.05) is 0 Å². The molecule has 0 aliphatic heterocycles. The van der Waals surface area contributed by atoms with Crippen LogP contribution >= 0.6 is 11.6 Å². The van der Waals surface area contributed by atoms with Gasteiger partial charge in [0, 0.05) is 28.9 Å². The van der Waals surface area contributed by atoms with Gasteiger partial charge in [0.25, 0.3) is 0 Å². The average molecular weight is 246 g/mol. The van der Waals surface area contributed by atoms with E-state index >= 15 is 0 Å². The van der Waals surface area contributed by atoms with Gasteiger partial charge in [-0.3, -0.25) is 9.78 Å². The molecule has 0 spiro atoms. The van der Waals surface area contributed by atoms with Gasteiger partial charge in [-0.25, -0.2) is 0 Å². The number of ketones is 1. The average Bonchev–Trinajstić information content (AvgIpc) is 2.39. The fourth-order valence-electron chi connectivity index (χ4n) is 1.67. The van der Waals surface area contributed by atoms with Crippen LogP contribution in [0.25, 0.3) is 0 Å². The highest BCUT2D eigenvalue weighted by atomic mass is 35.5. The molecule has 0 saturated heterocycles. The normalized spacial score (nSPS) is 12.1. The van der Waals surface area contributed by atoms with Gasteiger partial charge in [-0.2, -0.15) is 0 Å². The van der Waals surface area contributed by atoms with Crippen molar-refractivity contribution >= 4 is 17.4 Å². The maximum Gasteiger partial charge on any atom is 0.170 e. The van der Waals surface area contributed by atoms with E-state index in [1.165, 1.54) is 0 Å². The molecule has 0 aliphatic rings. The van der Waals surface area contributed by atoms with Gasteiger partial charge in [-0.15, -0.1) is 0 Å². The second-order valence-electron chi connectivity index (χ2n) is 3.87. The third-order valence-electron chi connectivity index (χ3n) is 2.73. The molecular weight excluding hydrogens is 234 g/mol. The van der Waals surface area contributed by atoms with Gasteiger partial charge in [0.15, 0.2) is 5.78 Å². The minimum atomic E-state index is -0.167. The lowest BCUT2D eigenvalue weighted by molar-refractivity contribution is 0.0966. The summed E-state index contributed by atoms with van der Waals surface area (Å²) in [5.74, 6) is -0.0768. The zero-order valence-electron chi connectivity index (χ0n) is 9.43. The Morgan fingerprint density at radius 1 is 1.12 bits per heavy atom. The van der Waals surface area contributed by atoms with Crippen LogP contribution in [0.3, 0.4) is 0 Å². The number of benzene rings is 1. The van der Waals surface area contributed by atoms with E-state index in [2.05, 4.69) is 4.98 Å². The number of nitrogens with zero attached hydrogens (tertiary/aromatic N) is 1. The number of halogens is 1. The Labute approximate surface area is 105 Å². The SMILES string of the molecule is CC(C(=O)c1ccc(Cl)cc1)c1ccncc1. The highest BCUT2D eigenvalue weighted by Crippen LogP contribution is 2.20. The van der Waals surface area contributed by atoms with Crippen molar-refractivity contribution < 1.29 is 4.79 Å². The predicted octanol–water partition coefficient (Wildman–Crippen LogP) is 3.72. The van der Waals surface area contributed by atoms with Crippen LogP contribution < -0.4 is 0 Å². The van der Waals surface area contributed by atoms with E-state index < -0.39 is 0 Å². The Kier molecular flexibility index (Phi) is 3.55. The summed E-state index contributed by atoms with van der Waals surface area (Å²) in [6, 6.07) is 10.7. The fraction of sp³-hybridized carbons (Fsp3) is 0.143. The molecule has 1 atom stereocenters. The highest BCUT2D eigenvalue weighted by molar-refractivity contribution is 6.30. The quantitative estimate of drug-likeness (QED) is 0.772. The van der Waals surface area contributed by atoms with Gasteiger partial charge >= 0.3 is 0 Å². The fourth-order valence-corrected chi connectivity index (χ4v) is 1.79. The van der Waals surface area contributed by atoms with E-state index in [0.29, 0.717) is 10.6 Å². The van der Waals surface area contributed by atoms with Crippen LogP contribution in [-0.4, -0.2) is 10.8 Å². The molecule has 0 bridgehead atoms. The van der Waals surface area contributed by atoms with Crippen LogP contribution in [0.15, 0.2) is 48.8 Å². The zero-order valence-corrected chi connectivity index (χ0v) is 10.2. The van der Waals surface area contributed by atoms with Crippen LogP contribution in [0.5, 0.6) is 0 Å². The molecule has 2 aromatic rings. The van der Waals surface area contributed by atoms with Crippen molar-refractivity contribution in [3.63, 3.8) is 0 Å². The second kappa shape index (κ2) is 5.11. The topological polar surface area (TPSA) is 30.0 Å². The third-order valence-corrected chi connectivity index (χ3v) is 2.98. The van der Waals surface area contributed by atoms with Crippen LogP contribution in [0.2, 0.25) is 5.02 Å². The first-order valence-corrected chi connectivity index (χ1v) is 5.76. The van der Waals surface area contributed by atoms with Crippen LogP contribution in [0.1, 0.15) is 28.8 Å². The van der Waals surface area contributed by atoms with E-state index in [0.717, 1.165) is 5.56 Å². The molecule has 0 saturated carbocycles. The van der Waals surface area contributed by atoms with Crippen molar-refractivity contribution in [1.82, 2.24) is 4.98 Å². The van der Waals surface area contributed by atoms with Gasteiger partial charge in [-0.1, -0.05) is 18.5 Å². The van der Waals surface area contributed by atoms with E-state index in [1.54, 1.807) is 36.7 Å². The number of hydrogen-bond acceptors (Lipinski definition) is 2. The molecule has 3 heteroatoms. The van der Waals surface area contributed by atoms with E-state index in [1.807, 2.05) is 19.1 Å². The first-order chi connectivity index (χ1) is 8.18. The van der Waals surface area contributed by atoms with Crippen LogP contribution in [-0.2, 0) is 0 Å². The number of Topliss-reactive ketones (excluding diaryl/α,β-unsaturated/α-hetero) is 1. The lowest BCUT2D eigenvalue weighted by Gasteiger charge is -2.10. The number of pyridine rings is 1. The maximum atomic E-state index is 12.2. The first-order valence-electron chi connectivity index (χ1n) is 5.38. The molecule has 0 fully saturated rings. The predicted molar refractivity (Wildman–Crippen MR) is 68.4 cm³/mol. The molecule has 1 aromatic carbocycles. The largest absolute Gasteiger partial charge is 0.294 e. The molecule has 0 radical (unpaired) electrons. The van der Waals surface area contributed by atoms with Gasteiger partial charge in [0.05, 0.1) is 0 Å². The van der Waals surface area contributed by atoms with Gasteiger partial charge < -0.3 is 0 Å². The Hall–Kier alpha value is -1.67. The van der Waals surface area contributed by atoms with Gasteiger partial charge in [-0.05, 0) is 42.0 Å². The monoisotopic (exact) mass is 245 g/mol. The molecular formula is C14H12ClNO. The molecule has 17 heavy (non-hydrogen) atoms. The van der Waals surface area contributed by atoms with Crippen molar-refractivity contribution in [1.29, 1.82) is 0 Å². The summed E-state index contributed by atoms with van der Waals surface area (Å²) < 4.78 is 0. The standard InChI is InChI=1S/C14H12ClNO/c1-10(11-6-8-16-9-7-11)14(17)12-2-4-13(15)5-3-12/h2-10H,1H3. The summed E-state index contributed by atoms with van der Waals surface area (Å²) in [5, 5.41) is 0.637. The summed E-state index contributed by atoms with van der Waals surface area (Å²) in [5.41, 5.74) is 1.65. The van der Waals surface area contributed by atoms with Crippen LogP contribution in [0.4, 0.5) is 0 Å². The van der Waals surface area contributed by atoms with Crippen molar-refractivity contribution in [3.05, 3.63) is 64.9 Å². The number of aromatic nitrogens is 1. The lowest BCUT2D eigenvalue weighted by atomic mass is 9.93. The summed E-state index contributed by atoms with van der Waals surface area (Å²) in [7, 11) is 0. The molecule has 1 heterocycles. The Balaban J connectivity index is 2.23. The van der Waals surface area contributed by atoms with Gasteiger partial charge in [0.2, 0.25) is 0 Å². The molecule has 2 rings (SSSR count). The summed E-state index contributed by atoms with van der Waals surface area (Å²) in [4.78, 5) is 16.1. The van der Waals surface area contributed by atoms with E-state index in [-0.39, 0.29) is 11.7 Å². The number of carbonyl (C=O) groups is 1. The Morgan fingerprint density at radius 2 is 1.71 bits per heavy atom. The highest BCUT2D eigenvalue weighted by Gasteiger charge is 2.16. The molecule has 1 unspecified atom stereocenters. The minimum absolute atomic E-state index is 0.0906. The molecule has 0 N–H and O–H groups in total. The Bertz CT molecular complexity index is 508. The number of rotatable bonds is 3. The first kappa shape index (κ1) is 11.8. The number of hydrogen-bond donors (Lipinski definition) is 0. The van der Waals surface area contributed by atoms with Crippen molar-refractivity contribution in [2.45, 2.75) is 12.8 Å².